The molecule has 1 aliphatic carbocycles. The summed E-state index contributed by atoms with van der Waals surface area (Å²) < 4.78 is 14.3. The summed E-state index contributed by atoms with van der Waals surface area (Å²) in [5.41, 5.74) is 0.956. The number of nitrogens with zero attached hydrogens (tertiary/aromatic N) is 1. The first kappa shape index (κ1) is 11.7. The molecule has 1 aromatic carbocycles. The summed E-state index contributed by atoms with van der Waals surface area (Å²) in [5.74, 6) is -0.138. The van der Waals surface area contributed by atoms with Crippen molar-refractivity contribution in [3.8, 4) is 0 Å². The molecule has 2 fully saturated rings. The van der Waals surface area contributed by atoms with E-state index in [1.165, 1.54) is 0 Å². The number of carbonyl (C=O) groups excluding carboxylic acids is 1. The summed E-state index contributed by atoms with van der Waals surface area (Å²) in [5, 5.41) is 3.19. The summed E-state index contributed by atoms with van der Waals surface area (Å²) in [6.45, 7) is 2.89. The molecule has 1 N–H and O–H groups in total. The lowest BCUT2D eigenvalue weighted by Crippen LogP contribution is -2.46. The number of hydrogen-bond donors (Lipinski definition) is 1. The largest absolute Gasteiger partial charge is 0.336 e. The van der Waals surface area contributed by atoms with E-state index in [0.717, 1.165) is 31.5 Å². The van der Waals surface area contributed by atoms with Crippen LogP contribution >= 0.6 is 0 Å². The maximum atomic E-state index is 14.3. The fraction of sp³-hybridized carbons (Fsp3) is 0.500. The Morgan fingerprint density at radius 3 is 2.67 bits per heavy atom. The molecule has 3 nitrogen and oxygen atoms in total. The van der Waals surface area contributed by atoms with Crippen LogP contribution in [0.25, 0.3) is 0 Å². The molecular formula is C14H17FN2O. The van der Waals surface area contributed by atoms with Gasteiger partial charge in [-0.05, 0) is 30.4 Å². The van der Waals surface area contributed by atoms with Crippen molar-refractivity contribution >= 4 is 5.91 Å². The van der Waals surface area contributed by atoms with Crippen molar-refractivity contribution in [2.75, 3.05) is 26.2 Å². The minimum atomic E-state index is -0.302. The predicted molar refractivity (Wildman–Crippen MR) is 67.1 cm³/mol. The maximum Gasteiger partial charge on any atom is 0.256 e. The molecule has 0 spiro atoms. The maximum absolute atomic E-state index is 14.3. The Bertz CT molecular complexity index is 465. The summed E-state index contributed by atoms with van der Waals surface area (Å²) in [4.78, 5) is 14.0. The molecule has 0 bridgehead atoms. The average molecular weight is 248 g/mol. The van der Waals surface area contributed by atoms with E-state index in [1.807, 2.05) is 6.07 Å². The van der Waals surface area contributed by atoms with Crippen LogP contribution < -0.4 is 5.32 Å². The molecule has 3 rings (SSSR count). The van der Waals surface area contributed by atoms with Gasteiger partial charge in [0.2, 0.25) is 0 Å². The normalized spacial score (nSPS) is 19.9. The van der Waals surface area contributed by atoms with Crippen molar-refractivity contribution in [1.82, 2.24) is 10.2 Å². The molecule has 1 saturated carbocycles. The predicted octanol–water partition coefficient (Wildman–Crippen LogP) is 1.75. The van der Waals surface area contributed by atoms with Crippen LogP contribution in [-0.2, 0) is 0 Å². The van der Waals surface area contributed by atoms with Crippen LogP contribution in [-0.4, -0.2) is 37.0 Å². The van der Waals surface area contributed by atoms with Crippen molar-refractivity contribution < 1.29 is 9.18 Å². The number of piperazine rings is 1. The van der Waals surface area contributed by atoms with Gasteiger partial charge in [-0.3, -0.25) is 4.79 Å². The molecule has 0 atom stereocenters. The number of benzene rings is 1. The van der Waals surface area contributed by atoms with E-state index in [-0.39, 0.29) is 17.3 Å². The van der Waals surface area contributed by atoms with E-state index in [1.54, 1.807) is 17.0 Å². The second kappa shape index (κ2) is 4.69. The quantitative estimate of drug-likeness (QED) is 0.864. The van der Waals surface area contributed by atoms with Gasteiger partial charge in [-0.2, -0.15) is 0 Å². The monoisotopic (exact) mass is 248 g/mol. The molecule has 1 saturated heterocycles. The Labute approximate surface area is 106 Å². The first-order valence-corrected chi connectivity index (χ1v) is 6.56. The average Bonchev–Trinajstić information content (AvgIpc) is 3.24. The Morgan fingerprint density at radius 2 is 2.00 bits per heavy atom. The van der Waals surface area contributed by atoms with E-state index < -0.39 is 0 Å². The highest BCUT2D eigenvalue weighted by Crippen LogP contribution is 2.41. The Kier molecular flexibility index (Phi) is 3.04. The van der Waals surface area contributed by atoms with E-state index in [4.69, 9.17) is 0 Å². The minimum Gasteiger partial charge on any atom is -0.336 e. The van der Waals surface area contributed by atoms with Crippen molar-refractivity contribution in [2.45, 2.75) is 18.8 Å². The summed E-state index contributed by atoms with van der Waals surface area (Å²) in [6.07, 6.45) is 2.09. The van der Waals surface area contributed by atoms with E-state index >= 15 is 0 Å². The standard InChI is InChI=1S/C14H17FN2O/c15-13-11(10-4-5-10)2-1-3-12(13)14(18)17-8-6-16-7-9-17/h1-3,10,16H,4-9H2. The van der Waals surface area contributed by atoms with Crippen LogP contribution in [0, 0.1) is 5.82 Å². The molecule has 1 aromatic rings. The molecule has 0 aromatic heterocycles. The summed E-state index contributed by atoms with van der Waals surface area (Å²) in [6, 6.07) is 5.21. The Balaban J connectivity index is 1.86. The first-order chi connectivity index (χ1) is 8.77. The van der Waals surface area contributed by atoms with Gasteiger partial charge in [0.05, 0.1) is 5.56 Å². The molecule has 1 heterocycles. The lowest BCUT2D eigenvalue weighted by atomic mass is 10.0. The number of hydrogen-bond acceptors (Lipinski definition) is 2. The van der Waals surface area contributed by atoms with Crippen molar-refractivity contribution in [3.63, 3.8) is 0 Å². The minimum absolute atomic E-state index is 0.170. The Hall–Kier alpha value is -1.42. The number of nitrogens with one attached hydrogen (secondary N) is 1. The van der Waals surface area contributed by atoms with Gasteiger partial charge < -0.3 is 10.2 Å². The van der Waals surface area contributed by atoms with Crippen LogP contribution in [0.15, 0.2) is 18.2 Å². The fourth-order valence-corrected chi connectivity index (χ4v) is 2.46. The number of rotatable bonds is 2. The van der Waals surface area contributed by atoms with Gasteiger partial charge in [-0.15, -0.1) is 0 Å². The third-order valence-corrected chi connectivity index (χ3v) is 3.68. The van der Waals surface area contributed by atoms with Gasteiger partial charge in [0.15, 0.2) is 0 Å². The van der Waals surface area contributed by atoms with Gasteiger partial charge in [-0.1, -0.05) is 12.1 Å². The van der Waals surface area contributed by atoms with Crippen molar-refractivity contribution in [1.29, 1.82) is 0 Å². The van der Waals surface area contributed by atoms with E-state index in [9.17, 15) is 9.18 Å². The molecule has 0 radical (unpaired) electrons. The van der Waals surface area contributed by atoms with E-state index in [0.29, 0.717) is 19.0 Å². The zero-order valence-corrected chi connectivity index (χ0v) is 10.3. The molecular weight excluding hydrogens is 231 g/mol. The summed E-state index contributed by atoms with van der Waals surface area (Å²) in [7, 11) is 0. The highest BCUT2D eigenvalue weighted by Gasteiger charge is 2.29. The highest BCUT2D eigenvalue weighted by molar-refractivity contribution is 5.94. The molecule has 96 valence electrons. The lowest BCUT2D eigenvalue weighted by molar-refractivity contribution is 0.0731. The zero-order valence-electron chi connectivity index (χ0n) is 10.3. The van der Waals surface area contributed by atoms with Crippen LogP contribution in [0.5, 0.6) is 0 Å². The SMILES string of the molecule is O=C(c1cccc(C2CC2)c1F)N1CCNCC1. The van der Waals surface area contributed by atoms with Gasteiger partial charge in [0, 0.05) is 26.2 Å². The van der Waals surface area contributed by atoms with Crippen molar-refractivity contribution in [2.24, 2.45) is 0 Å². The Morgan fingerprint density at radius 1 is 1.28 bits per heavy atom. The number of amides is 1. The number of carbonyl (C=O) groups is 1. The third-order valence-electron chi connectivity index (χ3n) is 3.68. The fourth-order valence-electron chi connectivity index (χ4n) is 2.46. The first-order valence-electron chi connectivity index (χ1n) is 6.56. The smallest absolute Gasteiger partial charge is 0.256 e. The van der Waals surface area contributed by atoms with Crippen LogP contribution in [0.2, 0.25) is 0 Å². The highest BCUT2D eigenvalue weighted by atomic mass is 19.1. The van der Waals surface area contributed by atoms with Crippen LogP contribution in [0.1, 0.15) is 34.7 Å². The zero-order chi connectivity index (χ0) is 12.5. The molecule has 1 amide bonds. The topological polar surface area (TPSA) is 32.3 Å². The van der Waals surface area contributed by atoms with Gasteiger partial charge >= 0.3 is 0 Å². The second-order valence-corrected chi connectivity index (χ2v) is 5.03. The molecule has 2 aliphatic rings. The lowest BCUT2D eigenvalue weighted by Gasteiger charge is -2.27. The summed E-state index contributed by atoms with van der Waals surface area (Å²) >= 11 is 0. The molecule has 4 heteroatoms. The van der Waals surface area contributed by atoms with Crippen LogP contribution in [0.3, 0.4) is 0 Å². The van der Waals surface area contributed by atoms with Crippen LogP contribution in [0.4, 0.5) is 4.39 Å². The third kappa shape index (κ3) is 2.12. The van der Waals surface area contributed by atoms with Gasteiger partial charge in [0.1, 0.15) is 5.82 Å². The van der Waals surface area contributed by atoms with Crippen molar-refractivity contribution in [3.05, 3.63) is 35.1 Å². The van der Waals surface area contributed by atoms with E-state index in [2.05, 4.69) is 5.32 Å². The molecule has 0 unspecified atom stereocenters. The van der Waals surface area contributed by atoms with Gasteiger partial charge in [-0.25, -0.2) is 4.39 Å². The van der Waals surface area contributed by atoms with Gasteiger partial charge in [0.25, 0.3) is 5.91 Å². The molecule has 18 heavy (non-hydrogen) atoms. The molecule has 1 aliphatic heterocycles. The number of halogens is 1. The second-order valence-electron chi connectivity index (χ2n) is 5.03.